The molecule has 158 valence electrons. The van der Waals surface area contributed by atoms with Crippen LogP contribution in [0, 0.1) is 11.6 Å². The molecule has 0 saturated heterocycles. The van der Waals surface area contributed by atoms with Crippen molar-refractivity contribution in [3.8, 4) is 28.3 Å². The Kier molecular flexibility index (Phi) is 4.80. The quantitative estimate of drug-likeness (QED) is 0.446. The molecule has 2 aromatic carbocycles. The normalized spacial score (nSPS) is 11.6. The van der Waals surface area contributed by atoms with E-state index in [9.17, 15) is 31.9 Å². The predicted molar refractivity (Wildman–Crippen MR) is 96.4 cm³/mol. The summed E-state index contributed by atoms with van der Waals surface area (Å²) in [5.41, 5.74) is -3.39. The van der Waals surface area contributed by atoms with Gasteiger partial charge in [0.1, 0.15) is 22.9 Å². The molecule has 0 amide bonds. The lowest BCUT2D eigenvalue weighted by atomic mass is 10.0. The van der Waals surface area contributed by atoms with E-state index in [1.165, 1.54) is 24.3 Å². The van der Waals surface area contributed by atoms with E-state index in [2.05, 4.69) is 10.3 Å². The van der Waals surface area contributed by atoms with E-state index < -0.39 is 46.4 Å². The second-order valence-electron chi connectivity index (χ2n) is 6.35. The molecule has 31 heavy (non-hydrogen) atoms. The Bertz CT molecular complexity index is 1290. The molecule has 2 heterocycles. The molecular formula is C20H10F5N3O3. The Labute approximate surface area is 170 Å². The number of halogens is 5. The first kappa shape index (κ1) is 20.3. The fraction of sp³-hybridized carbons (Fsp3) is 0.0500. The summed E-state index contributed by atoms with van der Waals surface area (Å²) in [6, 6.07) is 8.97. The molecule has 0 radical (unpaired) electrons. The van der Waals surface area contributed by atoms with Crippen LogP contribution in [0.3, 0.4) is 0 Å². The number of nitrogens with zero attached hydrogens (tertiary/aromatic N) is 3. The highest BCUT2D eigenvalue weighted by molar-refractivity contribution is 6.00. The maximum atomic E-state index is 13.9. The van der Waals surface area contributed by atoms with Crippen molar-refractivity contribution < 1.29 is 36.4 Å². The summed E-state index contributed by atoms with van der Waals surface area (Å²) in [5.74, 6) is -3.85. The summed E-state index contributed by atoms with van der Waals surface area (Å²) < 4.78 is 74.2. The molecule has 6 nitrogen and oxygen atoms in total. The Balaban J connectivity index is 1.96. The molecule has 0 fully saturated rings. The number of carbonyl (C=O) groups is 1. The molecule has 0 aliphatic heterocycles. The third-order valence-corrected chi connectivity index (χ3v) is 4.34. The van der Waals surface area contributed by atoms with Crippen molar-refractivity contribution in [2.75, 3.05) is 0 Å². The van der Waals surface area contributed by atoms with Crippen molar-refractivity contribution in [1.29, 1.82) is 0 Å². The van der Waals surface area contributed by atoms with Gasteiger partial charge < -0.3 is 9.63 Å². The zero-order valence-corrected chi connectivity index (χ0v) is 15.2. The first-order valence-corrected chi connectivity index (χ1v) is 8.57. The zero-order chi connectivity index (χ0) is 22.3. The van der Waals surface area contributed by atoms with Gasteiger partial charge >= 0.3 is 12.1 Å². The monoisotopic (exact) mass is 435 g/mol. The smallest absolute Gasteiger partial charge is 0.434 e. The maximum Gasteiger partial charge on any atom is 0.434 e. The van der Waals surface area contributed by atoms with Crippen molar-refractivity contribution in [2.45, 2.75) is 6.18 Å². The molecule has 4 rings (SSSR count). The topological polar surface area (TPSA) is 81.2 Å². The number of aromatic carboxylic acids is 1. The summed E-state index contributed by atoms with van der Waals surface area (Å²) >= 11 is 0. The number of benzene rings is 2. The third-order valence-electron chi connectivity index (χ3n) is 4.34. The minimum atomic E-state index is -5.01. The number of carboxylic acid groups (broad SMARTS) is 1. The first-order chi connectivity index (χ1) is 14.7. The van der Waals surface area contributed by atoms with E-state index >= 15 is 0 Å². The zero-order valence-electron chi connectivity index (χ0n) is 15.2. The Morgan fingerprint density at radius 3 is 2.32 bits per heavy atom. The van der Waals surface area contributed by atoms with Gasteiger partial charge in [0.25, 0.3) is 0 Å². The van der Waals surface area contributed by atoms with Gasteiger partial charge in [-0.1, -0.05) is 23.4 Å². The molecule has 0 aliphatic rings. The molecule has 0 unspecified atom stereocenters. The molecule has 0 bridgehead atoms. The van der Waals surface area contributed by atoms with E-state index in [4.69, 9.17) is 4.52 Å². The summed E-state index contributed by atoms with van der Waals surface area (Å²) in [4.78, 5) is 11.9. The van der Waals surface area contributed by atoms with Crippen LogP contribution in [0.25, 0.3) is 28.3 Å². The van der Waals surface area contributed by atoms with Gasteiger partial charge in [-0.05, 0) is 30.3 Å². The average Bonchev–Trinajstić information content (AvgIpc) is 3.32. The van der Waals surface area contributed by atoms with Crippen LogP contribution >= 0.6 is 0 Å². The second kappa shape index (κ2) is 7.35. The fourth-order valence-corrected chi connectivity index (χ4v) is 3.10. The minimum Gasteiger partial charge on any atom is -0.477 e. The van der Waals surface area contributed by atoms with E-state index in [-0.39, 0.29) is 16.9 Å². The van der Waals surface area contributed by atoms with Crippen molar-refractivity contribution >= 4 is 5.97 Å². The molecule has 11 heteroatoms. The number of alkyl halides is 3. The van der Waals surface area contributed by atoms with Gasteiger partial charge in [0, 0.05) is 5.56 Å². The average molecular weight is 435 g/mol. The summed E-state index contributed by atoms with van der Waals surface area (Å²) in [5, 5.41) is 16.8. The molecule has 4 aromatic rings. The van der Waals surface area contributed by atoms with Crippen LogP contribution < -0.4 is 0 Å². The highest BCUT2D eigenvalue weighted by Crippen LogP contribution is 2.41. The van der Waals surface area contributed by atoms with Gasteiger partial charge in [-0.25, -0.2) is 18.3 Å². The fourth-order valence-electron chi connectivity index (χ4n) is 3.10. The second-order valence-corrected chi connectivity index (χ2v) is 6.35. The van der Waals surface area contributed by atoms with Crippen molar-refractivity contribution in [3.63, 3.8) is 0 Å². The molecule has 1 N–H and O–H groups in total. The van der Waals surface area contributed by atoms with Crippen LogP contribution in [0.2, 0.25) is 0 Å². The van der Waals surface area contributed by atoms with Gasteiger partial charge in [-0.3, -0.25) is 0 Å². The summed E-state index contributed by atoms with van der Waals surface area (Å²) in [6.07, 6.45) is -4.27. The van der Waals surface area contributed by atoms with E-state index in [1.807, 2.05) is 0 Å². The van der Waals surface area contributed by atoms with E-state index in [1.54, 1.807) is 0 Å². The van der Waals surface area contributed by atoms with Crippen LogP contribution in [0.4, 0.5) is 22.0 Å². The Morgan fingerprint density at radius 2 is 1.71 bits per heavy atom. The predicted octanol–water partition coefficient (Wildman–Crippen LogP) is 5.19. The van der Waals surface area contributed by atoms with Crippen molar-refractivity contribution in [3.05, 3.63) is 77.6 Å². The van der Waals surface area contributed by atoms with Crippen LogP contribution in [0.5, 0.6) is 0 Å². The molecule has 0 saturated carbocycles. The lowest BCUT2D eigenvalue weighted by Crippen LogP contribution is -2.15. The van der Waals surface area contributed by atoms with Gasteiger partial charge in [0.15, 0.2) is 11.5 Å². The molecule has 0 aliphatic carbocycles. The molecule has 0 spiro atoms. The molecular weight excluding hydrogens is 425 g/mol. The largest absolute Gasteiger partial charge is 0.477 e. The number of aromatic nitrogens is 3. The summed E-state index contributed by atoms with van der Waals surface area (Å²) in [7, 11) is 0. The Morgan fingerprint density at radius 1 is 1.03 bits per heavy atom. The highest BCUT2D eigenvalue weighted by atomic mass is 19.4. The highest BCUT2D eigenvalue weighted by Gasteiger charge is 2.41. The van der Waals surface area contributed by atoms with Gasteiger partial charge in [0.2, 0.25) is 0 Å². The number of rotatable bonds is 4. The summed E-state index contributed by atoms with van der Waals surface area (Å²) in [6.45, 7) is 0. The van der Waals surface area contributed by atoms with E-state index in [0.717, 1.165) is 30.5 Å². The number of carboxylic acids is 1. The minimum absolute atomic E-state index is 0.00141. The van der Waals surface area contributed by atoms with Gasteiger partial charge in [-0.15, -0.1) is 0 Å². The first-order valence-electron chi connectivity index (χ1n) is 8.57. The van der Waals surface area contributed by atoms with Crippen LogP contribution in [-0.4, -0.2) is 26.0 Å². The van der Waals surface area contributed by atoms with Crippen molar-refractivity contribution in [1.82, 2.24) is 14.9 Å². The molecule has 2 aromatic heterocycles. The van der Waals surface area contributed by atoms with Crippen molar-refractivity contribution in [2.24, 2.45) is 0 Å². The van der Waals surface area contributed by atoms with Gasteiger partial charge in [0.05, 0.1) is 17.4 Å². The van der Waals surface area contributed by atoms with Crippen LogP contribution in [0.1, 0.15) is 16.1 Å². The lowest BCUT2D eigenvalue weighted by molar-refractivity contribution is -0.142. The Hall–Kier alpha value is -4.02. The number of hydrogen-bond acceptors (Lipinski definition) is 4. The standard InChI is InChI=1S/C20H10F5N3O3/c21-11-4-1-3-10(7-11)16-15(19(29)30)17(31-27-16)14-9-26-28(18(14)20(23,24)25)13-6-2-5-12(22)8-13/h1-9H,(H,29,30). The van der Waals surface area contributed by atoms with Crippen LogP contribution in [-0.2, 0) is 6.18 Å². The molecule has 0 atom stereocenters. The van der Waals surface area contributed by atoms with E-state index in [0.29, 0.717) is 4.68 Å². The van der Waals surface area contributed by atoms with Gasteiger partial charge in [-0.2, -0.15) is 18.3 Å². The third kappa shape index (κ3) is 3.65. The SMILES string of the molecule is O=C(O)c1c(-c2cccc(F)c2)noc1-c1cnn(-c2cccc(F)c2)c1C(F)(F)F. The lowest BCUT2D eigenvalue weighted by Gasteiger charge is -2.12. The van der Waals surface area contributed by atoms with Crippen LogP contribution in [0.15, 0.2) is 59.3 Å². The maximum absolute atomic E-state index is 13.9. The number of hydrogen-bond donors (Lipinski definition) is 1.